The Bertz CT molecular complexity index is 787. The second-order valence-electron chi connectivity index (χ2n) is 6.77. The van der Waals surface area contributed by atoms with Gasteiger partial charge in [0.2, 0.25) is 11.8 Å². The van der Waals surface area contributed by atoms with Crippen molar-refractivity contribution in [2.45, 2.75) is 32.1 Å². The van der Waals surface area contributed by atoms with Crippen molar-refractivity contribution in [1.29, 1.82) is 0 Å². The average molecular weight is 323 g/mol. The number of nitrogens with one attached hydrogen (secondary N) is 1. The number of pyridine rings is 1. The van der Waals surface area contributed by atoms with Gasteiger partial charge in [-0.2, -0.15) is 0 Å². The first kappa shape index (κ1) is 15.1. The van der Waals surface area contributed by atoms with E-state index in [2.05, 4.69) is 10.3 Å². The van der Waals surface area contributed by atoms with Gasteiger partial charge in [-0.3, -0.25) is 14.6 Å². The van der Waals surface area contributed by atoms with Crippen LogP contribution in [0.15, 0.2) is 36.5 Å². The minimum atomic E-state index is -0.853. The highest BCUT2D eigenvalue weighted by atomic mass is 16.2. The van der Waals surface area contributed by atoms with Gasteiger partial charge in [-0.15, -0.1) is 0 Å². The molecule has 1 saturated heterocycles. The van der Waals surface area contributed by atoms with E-state index in [1.165, 1.54) is 6.42 Å². The number of aromatic nitrogens is 1. The molecule has 2 heterocycles. The topological polar surface area (TPSA) is 62.3 Å². The number of anilines is 1. The van der Waals surface area contributed by atoms with Crippen molar-refractivity contribution in [1.82, 2.24) is 9.88 Å². The van der Waals surface area contributed by atoms with Gasteiger partial charge in [0, 0.05) is 24.7 Å². The molecule has 2 amide bonds. The Kier molecular flexibility index (Phi) is 3.71. The third-order valence-electron chi connectivity index (χ3n) is 5.12. The van der Waals surface area contributed by atoms with Crippen molar-refractivity contribution < 1.29 is 9.59 Å². The van der Waals surface area contributed by atoms with E-state index in [-0.39, 0.29) is 11.8 Å². The van der Waals surface area contributed by atoms with Crippen LogP contribution >= 0.6 is 0 Å². The lowest BCUT2D eigenvalue weighted by Crippen LogP contribution is -2.45. The molecule has 1 saturated carbocycles. The molecule has 0 unspecified atom stereocenters. The zero-order valence-corrected chi connectivity index (χ0v) is 13.6. The van der Waals surface area contributed by atoms with E-state index in [4.69, 9.17) is 0 Å². The Balaban J connectivity index is 1.56. The van der Waals surface area contributed by atoms with Gasteiger partial charge in [-0.05, 0) is 44.2 Å². The SMILES string of the molecule is O=C(Nc1cccc2cccnc12)C1(C(=O)N2CCCCC2)CC1. The van der Waals surface area contributed by atoms with Gasteiger partial charge in [-0.1, -0.05) is 18.2 Å². The molecule has 1 aliphatic carbocycles. The molecule has 2 fully saturated rings. The molecule has 24 heavy (non-hydrogen) atoms. The third kappa shape index (κ3) is 2.54. The summed E-state index contributed by atoms with van der Waals surface area (Å²) in [6.45, 7) is 1.56. The molecular weight excluding hydrogens is 302 g/mol. The Morgan fingerprint density at radius 2 is 1.79 bits per heavy atom. The summed E-state index contributed by atoms with van der Waals surface area (Å²) in [7, 11) is 0. The van der Waals surface area contributed by atoms with E-state index in [9.17, 15) is 9.59 Å². The lowest BCUT2D eigenvalue weighted by Gasteiger charge is -2.30. The van der Waals surface area contributed by atoms with Crippen molar-refractivity contribution in [3.05, 3.63) is 36.5 Å². The molecular formula is C19H21N3O2. The van der Waals surface area contributed by atoms with Gasteiger partial charge in [0.25, 0.3) is 0 Å². The number of carbonyl (C=O) groups is 2. The first-order valence-corrected chi connectivity index (χ1v) is 8.65. The molecule has 1 aromatic carbocycles. The van der Waals surface area contributed by atoms with E-state index in [0.29, 0.717) is 18.5 Å². The second-order valence-corrected chi connectivity index (χ2v) is 6.77. The van der Waals surface area contributed by atoms with Gasteiger partial charge in [0.15, 0.2) is 0 Å². The summed E-state index contributed by atoms with van der Waals surface area (Å²) < 4.78 is 0. The molecule has 1 aromatic heterocycles. The quantitative estimate of drug-likeness (QED) is 0.883. The van der Waals surface area contributed by atoms with Crippen molar-refractivity contribution in [3.63, 3.8) is 0 Å². The van der Waals surface area contributed by atoms with Crippen LogP contribution in [0.25, 0.3) is 10.9 Å². The summed E-state index contributed by atoms with van der Waals surface area (Å²) in [6, 6.07) is 9.53. The highest BCUT2D eigenvalue weighted by Gasteiger charge is 2.58. The maximum absolute atomic E-state index is 12.8. The van der Waals surface area contributed by atoms with Crippen LogP contribution in [0, 0.1) is 5.41 Å². The summed E-state index contributed by atoms with van der Waals surface area (Å²) in [5.74, 6) is -0.177. The zero-order chi connectivity index (χ0) is 16.6. The van der Waals surface area contributed by atoms with Crippen LogP contribution < -0.4 is 5.32 Å². The highest BCUT2D eigenvalue weighted by Crippen LogP contribution is 2.48. The van der Waals surface area contributed by atoms with Crippen LogP contribution in [0.1, 0.15) is 32.1 Å². The number of piperidine rings is 1. The Morgan fingerprint density at radius 3 is 2.54 bits per heavy atom. The van der Waals surface area contributed by atoms with E-state index in [1.807, 2.05) is 35.2 Å². The summed E-state index contributed by atoms with van der Waals surface area (Å²) in [6.07, 6.45) is 6.25. The van der Waals surface area contributed by atoms with Crippen molar-refractivity contribution in [3.8, 4) is 0 Å². The number of para-hydroxylation sites is 1. The summed E-state index contributed by atoms with van der Waals surface area (Å²) in [5.41, 5.74) is 0.583. The van der Waals surface area contributed by atoms with Crippen LogP contribution in [0.4, 0.5) is 5.69 Å². The fraction of sp³-hybridized carbons (Fsp3) is 0.421. The minimum Gasteiger partial charge on any atom is -0.342 e. The molecule has 1 aliphatic heterocycles. The summed E-state index contributed by atoms with van der Waals surface area (Å²) in [5, 5.41) is 3.93. The van der Waals surface area contributed by atoms with Gasteiger partial charge >= 0.3 is 0 Å². The number of rotatable bonds is 3. The van der Waals surface area contributed by atoms with E-state index < -0.39 is 5.41 Å². The third-order valence-corrected chi connectivity index (χ3v) is 5.12. The van der Waals surface area contributed by atoms with Crippen LogP contribution in [0.2, 0.25) is 0 Å². The lowest BCUT2D eigenvalue weighted by molar-refractivity contribution is -0.143. The van der Waals surface area contributed by atoms with Gasteiger partial charge in [0.05, 0.1) is 11.2 Å². The smallest absolute Gasteiger partial charge is 0.240 e. The largest absolute Gasteiger partial charge is 0.342 e. The molecule has 0 atom stereocenters. The van der Waals surface area contributed by atoms with Crippen molar-refractivity contribution in [2.24, 2.45) is 5.41 Å². The number of amides is 2. The number of carbonyl (C=O) groups excluding carboxylic acids is 2. The number of likely N-dealkylation sites (tertiary alicyclic amines) is 1. The first-order valence-electron chi connectivity index (χ1n) is 8.65. The predicted octanol–water partition coefficient (Wildman–Crippen LogP) is 2.97. The highest BCUT2D eigenvalue weighted by molar-refractivity contribution is 6.14. The van der Waals surface area contributed by atoms with Gasteiger partial charge in [0.1, 0.15) is 5.41 Å². The van der Waals surface area contributed by atoms with E-state index >= 15 is 0 Å². The van der Waals surface area contributed by atoms with Crippen LogP contribution in [0.3, 0.4) is 0 Å². The van der Waals surface area contributed by atoms with E-state index in [0.717, 1.165) is 36.8 Å². The predicted molar refractivity (Wildman–Crippen MR) is 92.5 cm³/mol. The Labute approximate surface area is 141 Å². The van der Waals surface area contributed by atoms with Crippen LogP contribution in [-0.2, 0) is 9.59 Å². The molecule has 5 heteroatoms. The molecule has 124 valence electrons. The summed E-state index contributed by atoms with van der Waals surface area (Å²) in [4.78, 5) is 31.9. The van der Waals surface area contributed by atoms with Crippen LogP contribution in [-0.4, -0.2) is 34.8 Å². The number of hydrogen-bond donors (Lipinski definition) is 1. The average Bonchev–Trinajstić information content (AvgIpc) is 3.44. The maximum Gasteiger partial charge on any atom is 0.240 e. The van der Waals surface area contributed by atoms with Crippen molar-refractivity contribution >= 4 is 28.4 Å². The van der Waals surface area contributed by atoms with Crippen molar-refractivity contribution in [2.75, 3.05) is 18.4 Å². The molecule has 2 aromatic rings. The lowest BCUT2D eigenvalue weighted by atomic mass is 10.0. The molecule has 1 N–H and O–H groups in total. The Morgan fingerprint density at radius 1 is 1.04 bits per heavy atom. The first-order chi connectivity index (χ1) is 11.7. The molecule has 0 spiro atoms. The minimum absolute atomic E-state index is 0.00731. The molecule has 4 rings (SSSR count). The molecule has 2 aliphatic rings. The number of fused-ring (bicyclic) bond motifs is 1. The van der Waals surface area contributed by atoms with Crippen LogP contribution in [0.5, 0.6) is 0 Å². The normalized spacial score (nSPS) is 19.1. The van der Waals surface area contributed by atoms with Gasteiger partial charge in [-0.25, -0.2) is 0 Å². The molecule has 5 nitrogen and oxygen atoms in total. The standard InChI is InChI=1S/C19H21N3O2/c23-17(19(9-10-19)18(24)22-12-2-1-3-13-22)21-15-8-4-6-14-7-5-11-20-16(14)15/h4-8,11H,1-3,9-10,12-13H2,(H,21,23). The zero-order valence-electron chi connectivity index (χ0n) is 13.6. The molecule has 0 radical (unpaired) electrons. The monoisotopic (exact) mass is 323 g/mol. The number of hydrogen-bond acceptors (Lipinski definition) is 3. The number of benzene rings is 1. The fourth-order valence-electron chi connectivity index (χ4n) is 3.51. The number of nitrogens with zero attached hydrogens (tertiary/aromatic N) is 2. The fourth-order valence-corrected chi connectivity index (χ4v) is 3.51. The molecule has 0 bridgehead atoms. The second kappa shape index (κ2) is 5.89. The van der Waals surface area contributed by atoms with Gasteiger partial charge < -0.3 is 10.2 Å². The van der Waals surface area contributed by atoms with E-state index in [1.54, 1.807) is 6.20 Å². The summed E-state index contributed by atoms with van der Waals surface area (Å²) >= 11 is 0. The Hall–Kier alpha value is -2.43. The maximum atomic E-state index is 12.8.